The summed E-state index contributed by atoms with van der Waals surface area (Å²) in [5.74, 6) is 2.11. The van der Waals surface area contributed by atoms with Crippen LogP contribution in [-0.4, -0.2) is 23.1 Å². The van der Waals surface area contributed by atoms with Crippen molar-refractivity contribution in [1.82, 2.24) is 15.3 Å². The van der Waals surface area contributed by atoms with Crippen LogP contribution in [0.5, 0.6) is 0 Å². The lowest BCUT2D eigenvalue weighted by Crippen LogP contribution is -2.27. The Morgan fingerprint density at radius 3 is 2.89 bits per heavy atom. The normalized spacial score (nSPS) is 20.0. The molecular weight excluding hydrogens is 238 g/mol. The Balaban J connectivity index is 1.65. The van der Waals surface area contributed by atoms with E-state index in [1.54, 1.807) is 0 Å². The molecule has 1 aromatic rings. The third-order valence-electron chi connectivity index (χ3n) is 4.24. The molecule has 1 fully saturated rings. The SMILES string of the molecule is Nc1nc(NCC2CCCCC2)nc2c1CNCC2. The summed E-state index contributed by atoms with van der Waals surface area (Å²) in [6.07, 6.45) is 7.73. The Morgan fingerprint density at radius 2 is 2.05 bits per heavy atom. The van der Waals surface area contributed by atoms with Gasteiger partial charge in [0.2, 0.25) is 5.95 Å². The topological polar surface area (TPSA) is 75.9 Å². The summed E-state index contributed by atoms with van der Waals surface area (Å²) in [4.78, 5) is 9.00. The third kappa shape index (κ3) is 2.97. The highest BCUT2D eigenvalue weighted by molar-refractivity contribution is 5.48. The molecule has 104 valence electrons. The molecule has 0 atom stereocenters. The molecule has 2 aliphatic rings. The summed E-state index contributed by atoms with van der Waals surface area (Å²) < 4.78 is 0. The van der Waals surface area contributed by atoms with Gasteiger partial charge in [0.1, 0.15) is 5.82 Å². The molecule has 0 bridgehead atoms. The first kappa shape index (κ1) is 12.7. The Labute approximate surface area is 114 Å². The molecule has 0 spiro atoms. The maximum Gasteiger partial charge on any atom is 0.224 e. The predicted octanol–water partition coefficient (Wildman–Crippen LogP) is 1.70. The lowest BCUT2D eigenvalue weighted by atomic mass is 9.89. The Bertz CT molecular complexity index is 440. The molecule has 0 unspecified atom stereocenters. The highest BCUT2D eigenvalue weighted by Crippen LogP contribution is 2.24. The van der Waals surface area contributed by atoms with Gasteiger partial charge in [-0.2, -0.15) is 4.98 Å². The minimum atomic E-state index is 0.628. The molecule has 4 N–H and O–H groups in total. The Morgan fingerprint density at radius 1 is 1.21 bits per heavy atom. The summed E-state index contributed by atoms with van der Waals surface area (Å²) in [6, 6.07) is 0. The van der Waals surface area contributed by atoms with Gasteiger partial charge >= 0.3 is 0 Å². The smallest absolute Gasteiger partial charge is 0.224 e. The van der Waals surface area contributed by atoms with Crippen molar-refractivity contribution in [2.75, 3.05) is 24.1 Å². The second-order valence-electron chi connectivity index (χ2n) is 5.67. The van der Waals surface area contributed by atoms with Crippen molar-refractivity contribution in [2.45, 2.75) is 45.1 Å². The molecule has 1 saturated carbocycles. The first-order chi connectivity index (χ1) is 9.33. The first-order valence-electron chi connectivity index (χ1n) is 7.43. The minimum Gasteiger partial charge on any atom is -0.383 e. The van der Waals surface area contributed by atoms with E-state index < -0.39 is 0 Å². The summed E-state index contributed by atoms with van der Waals surface area (Å²) in [5.41, 5.74) is 8.21. The fraction of sp³-hybridized carbons (Fsp3) is 0.714. The first-order valence-corrected chi connectivity index (χ1v) is 7.43. The van der Waals surface area contributed by atoms with E-state index in [1.165, 1.54) is 32.1 Å². The molecule has 0 aromatic carbocycles. The van der Waals surface area contributed by atoms with Crippen molar-refractivity contribution in [3.8, 4) is 0 Å². The van der Waals surface area contributed by atoms with Crippen LogP contribution in [0.1, 0.15) is 43.4 Å². The van der Waals surface area contributed by atoms with Crippen LogP contribution in [0.15, 0.2) is 0 Å². The molecule has 0 saturated heterocycles. The zero-order valence-corrected chi connectivity index (χ0v) is 11.4. The van der Waals surface area contributed by atoms with Crippen LogP contribution in [0.2, 0.25) is 0 Å². The molecule has 3 rings (SSSR count). The van der Waals surface area contributed by atoms with Crippen molar-refractivity contribution in [1.29, 1.82) is 0 Å². The zero-order valence-electron chi connectivity index (χ0n) is 11.4. The number of nitrogen functional groups attached to an aromatic ring is 1. The Kier molecular flexibility index (Phi) is 3.82. The largest absolute Gasteiger partial charge is 0.383 e. The average Bonchev–Trinajstić information content (AvgIpc) is 2.46. The summed E-state index contributed by atoms with van der Waals surface area (Å²) >= 11 is 0. The molecule has 5 nitrogen and oxygen atoms in total. The van der Waals surface area contributed by atoms with Gasteiger partial charge in [-0.1, -0.05) is 19.3 Å². The maximum atomic E-state index is 6.02. The minimum absolute atomic E-state index is 0.628. The summed E-state index contributed by atoms with van der Waals surface area (Å²) in [6.45, 7) is 2.76. The van der Waals surface area contributed by atoms with Gasteiger partial charge in [0.25, 0.3) is 0 Å². The van der Waals surface area contributed by atoms with Gasteiger partial charge in [0.15, 0.2) is 0 Å². The summed E-state index contributed by atoms with van der Waals surface area (Å²) in [5, 5.41) is 6.69. The van der Waals surface area contributed by atoms with Gasteiger partial charge in [-0.25, -0.2) is 4.98 Å². The number of aromatic nitrogens is 2. The van der Waals surface area contributed by atoms with E-state index in [2.05, 4.69) is 20.6 Å². The van der Waals surface area contributed by atoms with Crippen LogP contribution in [0.3, 0.4) is 0 Å². The third-order valence-corrected chi connectivity index (χ3v) is 4.24. The van der Waals surface area contributed by atoms with Crippen molar-refractivity contribution >= 4 is 11.8 Å². The van der Waals surface area contributed by atoms with Crippen LogP contribution in [0.25, 0.3) is 0 Å². The standard InChI is InChI=1S/C14H23N5/c15-13-11-9-16-7-6-12(11)18-14(19-13)17-8-10-4-2-1-3-5-10/h10,16H,1-9H2,(H3,15,17,18,19). The van der Waals surface area contributed by atoms with Crippen molar-refractivity contribution in [3.63, 3.8) is 0 Å². The van der Waals surface area contributed by atoms with Crippen molar-refractivity contribution < 1.29 is 0 Å². The summed E-state index contributed by atoms with van der Waals surface area (Å²) in [7, 11) is 0. The van der Waals surface area contributed by atoms with Gasteiger partial charge in [-0.3, -0.25) is 0 Å². The van der Waals surface area contributed by atoms with Gasteiger partial charge in [-0.15, -0.1) is 0 Å². The Hall–Kier alpha value is -1.36. The second-order valence-corrected chi connectivity index (χ2v) is 5.67. The van der Waals surface area contributed by atoms with E-state index in [0.29, 0.717) is 11.8 Å². The van der Waals surface area contributed by atoms with Crippen LogP contribution >= 0.6 is 0 Å². The van der Waals surface area contributed by atoms with Crippen molar-refractivity contribution in [2.24, 2.45) is 5.92 Å². The van der Waals surface area contributed by atoms with Crippen molar-refractivity contribution in [3.05, 3.63) is 11.3 Å². The zero-order chi connectivity index (χ0) is 13.1. The van der Waals surface area contributed by atoms with E-state index >= 15 is 0 Å². The van der Waals surface area contributed by atoms with Crippen LogP contribution in [0.4, 0.5) is 11.8 Å². The van der Waals surface area contributed by atoms with E-state index in [-0.39, 0.29) is 0 Å². The molecular formula is C14H23N5. The molecule has 0 amide bonds. The van der Waals surface area contributed by atoms with E-state index in [4.69, 9.17) is 5.73 Å². The molecule has 1 aliphatic heterocycles. The quantitative estimate of drug-likeness (QED) is 0.772. The molecule has 19 heavy (non-hydrogen) atoms. The predicted molar refractivity (Wildman–Crippen MR) is 76.9 cm³/mol. The van der Waals surface area contributed by atoms with E-state index in [9.17, 15) is 0 Å². The second kappa shape index (κ2) is 5.74. The molecule has 5 heteroatoms. The van der Waals surface area contributed by atoms with E-state index in [0.717, 1.165) is 43.2 Å². The fourth-order valence-corrected chi connectivity index (χ4v) is 3.08. The number of nitrogens with two attached hydrogens (primary N) is 1. The van der Waals surface area contributed by atoms with E-state index in [1.807, 2.05) is 0 Å². The van der Waals surface area contributed by atoms with Crippen LogP contribution < -0.4 is 16.4 Å². The number of fused-ring (bicyclic) bond motifs is 1. The molecule has 1 aliphatic carbocycles. The average molecular weight is 261 g/mol. The fourth-order valence-electron chi connectivity index (χ4n) is 3.08. The van der Waals surface area contributed by atoms with Crippen LogP contribution in [0, 0.1) is 5.92 Å². The van der Waals surface area contributed by atoms with Gasteiger partial charge in [0.05, 0.1) is 5.69 Å². The lowest BCUT2D eigenvalue weighted by Gasteiger charge is -2.23. The van der Waals surface area contributed by atoms with Gasteiger partial charge in [-0.05, 0) is 18.8 Å². The van der Waals surface area contributed by atoms with Crippen LogP contribution in [-0.2, 0) is 13.0 Å². The highest BCUT2D eigenvalue weighted by Gasteiger charge is 2.17. The number of anilines is 2. The number of hydrogen-bond acceptors (Lipinski definition) is 5. The maximum absolute atomic E-state index is 6.02. The number of nitrogens with one attached hydrogen (secondary N) is 2. The van der Waals surface area contributed by atoms with Gasteiger partial charge < -0.3 is 16.4 Å². The molecule has 1 aromatic heterocycles. The molecule has 0 radical (unpaired) electrons. The molecule has 2 heterocycles. The monoisotopic (exact) mass is 261 g/mol. The number of nitrogens with zero attached hydrogens (tertiary/aromatic N) is 2. The highest BCUT2D eigenvalue weighted by atomic mass is 15.1. The van der Waals surface area contributed by atoms with Gasteiger partial charge in [0, 0.05) is 31.6 Å². The number of rotatable bonds is 3. The lowest BCUT2D eigenvalue weighted by molar-refractivity contribution is 0.373. The number of hydrogen-bond donors (Lipinski definition) is 3.